The van der Waals surface area contributed by atoms with Crippen LogP contribution in [0.25, 0.3) is 0 Å². The van der Waals surface area contributed by atoms with Crippen LogP contribution in [0, 0.1) is 0 Å². The van der Waals surface area contributed by atoms with Gasteiger partial charge in [0.05, 0.1) is 5.88 Å². The van der Waals surface area contributed by atoms with Gasteiger partial charge in [-0.1, -0.05) is 29.8 Å². The SMILES string of the molecule is O=C(NCCC1=CCCCC1)[C@H]1CSCN1C(=O)c1ccccc1. The lowest BCUT2D eigenvalue weighted by Gasteiger charge is -2.23. The second kappa shape index (κ2) is 8.38. The van der Waals surface area contributed by atoms with Crippen LogP contribution < -0.4 is 5.32 Å². The smallest absolute Gasteiger partial charge is 0.255 e. The second-order valence-corrected chi connectivity index (χ2v) is 7.31. The Bertz CT molecular complexity index is 615. The molecule has 1 aliphatic carbocycles. The number of hydrogen-bond donors (Lipinski definition) is 1. The summed E-state index contributed by atoms with van der Waals surface area (Å²) in [6, 6.07) is 8.83. The predicted octanol–water partition coefficient (Wildman–Crippen LogP) is 3.21. The standard InChI is InChI=1S/C19H24N2O2S/c22-18(20-12-11-15-7-3-1-4-8-15)17-13-24-14-21(17)19(23)16-9-5-2-6-10-16/h2,5-7,9-10,17H,1,3-4,8,11-14H2,(H,20,22)/t17-/m1/s1. The highest BCUT2D eigenvalue weighted by Gasteiger charge is 2.34. The van der Waals surface area contributed by atoms with E-state index in [1.54, 1.807) is 28.8 Å². The number of carbonyl (C=O) groups is 2. The average Bonchev–Trinajstić information content (AvgIpc) is 3.12. The molecular formula is C19H24N2O2S. The molecule has 1 fully saturated rings. The fourth-order valence-electron chi connectivity index (χ4n) is 3.20. The molecule has 2 aliphatic rings. The summed E-state index contributed by atoms with van der Waals surface area (Å²) in [4.78, 5) is 26.8. The van der Waals surface area contributed by atoms with Crippen LogP contribution in [0.3, 0.4) is 0 Å². The van der Waals surface area contributed by atoms with Crippen molar-refractivity contribution in [2.75, 3.05) is 18.2 Å². The van der Waals surface area contributed by atoms with Crippen LogP contribution in [0.4, 0.5) is 0 Å². The molecule has 0 saturated carbocycles. The molecule has 128 valence electrons. The summed E-state index contributed by atoms with van der Waals surface area (Å²) < 4.78 is 0. The number of benzene rings is 1. The highest BCUT2D eigenvalue weighted by molar-refractivity contribution is 7.99. The Hall–Kier alpha value is -1.75. The van der Waals surface area contributed by atoms with E-state index in [4.69, 9.17) is 0 Å². The molecule has 1 aliphatic heterocycles. The fraction of sp³-hybridized carbons (Fsp3) is 0.474. The van der Waals surface area contributed by atoms with Crippen LogP contribution in [0.15, 0.2) is 42.0 Å². The zero-order valence-corrected chi connectivity index (χ0v) is 14.7. The molecule has 0 unspecified atom stereocenters. The Kier molecular flexibility index (Phi) is 5.96. The minimum absolute atomic E-state index is 0.0271. The molecule has 0 bridgehead atoms. The third-order valence-corrected chi connectivity index (χ3v) is 5.61. The maximum atomic E-state index is 12.6. The van der Waals surface area contributed by atoms with Gasteiger partial charge < -0.3 is 10.2 Å². The molecule has 1 heterocycles. The lowest BCUT2D eigenvalue weighted by molar-refractivity contribution is -0.124. The fourth-order valence-corrected chi connectivity index (χ4v) is 4.36. The summed E-state index contributed by atoms with van der Waals surface area (Å²) in [5, 5.41) is 3.02. The van der Waals surface area contributed by atoms with Crippen molar-refractivity contribution in [1.29, 1.82) is 0 Å². The predicted molar refractivity (Wildman–Crippen MR) is 97.9 cm³/mol. The summed E-state index contributed by atoms with van der Waals surface area (Å²) in [7, 11) is 0. The summed E-state index contributed by atoms with van der Waals surface area (Å²) >= 11 is 1.64. The van der Waals surface area contributed by atoms with Gasteiger partial charge in [0, 0.05) is 17.9 Å². The van der Waals surface area contributed by atoms with Crippen LogP contribution in [0.2, 0.25) is 0 Å². The maximum Gasteiger partial charge on any atom is 0.255 e. The quantitative estimate of drug-likeness (QED) is 0.835. The molecule has 1 N–H and O–H groups in total. The van der Waals surface area contributed by atoms with Crippen molar-refractivity contribution >= 4 is 23.6 Å². The molecule has 3 rings (SSSR count). The Morgan fingerprint density at radius 3 is 2.79 bits per heavy atom. The Labute approximate surface area is 147 Å². The van der Waals surface area contributed by atoms with Gasteiger partial charge in [-0.2, -0.15) is 0 Å². The largest absolute Gasteiger partial charge is 0.354 e. The van der Waals surface area contributed by atoms with E-state index in [9.17, 15) is 9.59 Å². The van der Waals surface area contributed by atoms with Gasteiger partial charge in [0.25, 0.3) is 5.91 Å². The molecule has 4 nitrogen and oxygen atoms in total. The zero-order valence-electron chi connectivity index (χ0n) is 13.9. The molecule has 0 spiro atoms. The van der Waals surface area contributed by atoms with Gasteiger partial charge in [0.2, 0.25) is 5.91 Å². The third-order valence-electron chi connectivity index (χ3n) is 4.60. The minimum atomic E-state index is -0.358. The first-order valence-corrected chi connectivity index (χ1v) is 9.80. The number of hydrogen-bond acceptors (Lipinski definition) is 3. The van der Waals surface area contributed by atoms with Crippen molar-refractivity contribution in [3.05, 3.63) is 47.5 Å². The van der Waals surface area contributed by atoms with Crippen LogP contribution >= 0.6 is 11.8 Å². The van der Waals surface area contributed by atoms with Crippen LogP contribution in [0.5, 0.6) is 0 Å². The van der Waals surface area contributed by atoms with Crippen LogP contribution in [-0.2, 0) is 4.79 Å². The maximum absolute atomic E-state index is 12.6. The van der Waals surface area contributed by atoms with E-state index in [2.05, 4.69) is 11.4 Å². The number of thioether (sulfide) groups is 1. The molecule has 0 radical (unpaired) electrons. The van der Waals surface area contributed by atoms with Crippen molar-refractivity contribution in [2.45, 2.75) is 38.1 Å². The van der Waals surface area contributed by atoms with Crippen LogP contribution in [-0.4, -0.2) is 40.9 Å². The Morgan fingerprint density at radius 2 is 2.04 bits per heavy atom. The number of allylic oxidation sites excluding steroid dienone is 1. The molecule has 0 aromatic heterocycles. The first kappa shape index (κ1) is 17.1. The second-order valence-electron chi connectivity index (χ2n) is 6.31. The van der Waals surface area contributed by atoms with Crippen LogP contribution in [0.1, 0.15) is 42.5 Å². The van der Waals surface area contributed by atoms with E-state index < -0.39 is 0 Å². The first-order chi connectivity index (χ1) is 11.8. The van der Waals surface area contributed by atoms with Gasteiger partial charge in [-0.3, -0.25) is 9.59 Å². The molecule has 1 saturated heterocycles. The lowest BCUT2D eigenvalue weighted by atomic mass is 9.97. The van der Waals surface area contributed by atoms with Gasteiger partial charge in [-0.25, -0.2) is 0 Å². The van der Waals surface area contributed by atoms with E-state index in [1.807, 2.05) is 18.2 Å². The van der Waals surface area contributed by atoms with Crippen molar-refractivity contribution < 1.29 is 9.59 Å². The number of nitrogens with one attached hydrogen (secondary N) is 1. The number of carbonyl (C=O) groups excluding carboxylic acids is 2. The van der Waals surface area contributed by atoms with Gasteiger partial charge >= 0.3 is 0 Å². The topological polar surface area (TPSA) is 49.4 Å². The minimum Gasteiger partial charge on any atom is -0.354 e. The number of amides is 2. The highest BCUT2D eigenvalue weighted by Crippen LogP contribution is 2.24. The van der Waals surface area contributed by atoms with Gasteiger partial charge in [0.1, 0.15) is 6.04 Å². The van der Waals surface area contributed by atoms with Crippen molar-refractivity contribution in [2.24, 2.45) is 0 Å². The Balaban J connectivity index is 1.53. The number of nitrogens with zero attached hydrogens (tertiary/aromatic N) is 1. The molecule has 24 heavy (non-hydrogen) atoms. The van der Waals surface area contributed by atoms with Crippen molar-refractivity contribution in [1.82, 2.24) is 10.2 Å². The van der Waals surface area contributed by atoms with E-state index in [0.29, 0.717) is 23.7 Å². The molecule has 1 aromatic carbocycles. The summed E-state index contributed by atoms with van der Waals surface area (Å²) in [5.41, 5.74) is 2.10. The van der Waals surface area contributed by atoms with E-state index >= 15 is 0 Å². The first-order valence-electron chi connectivity index (χ1n) is 8.65. The van der Waals surface area contributed by atoms with E-state index in [0.717, 1.165) is 12.8 Å². The van der Waals surface area contributed by atoms with Crippen molar-refractivity contribution in [3.63, 3.8) is 0 Å². The molecule has 2 amide bonds. The monoisotopic (exact) mass is 344 g/mol. The van der Waals surface area contributed by atoms with E-state index in [-0.39, 0.29) is 17.9 Å². The van der Waals surface area contributed by atoms with Gasteiger partial charge in [0.15, 0.2) is 0 Å². The van der Waals surface area contributed by atoms with Gasteiger partial charge in [-0.05, 0) is 44.2 Å². The highest BCUT2D eigenvalue weighted by atomic mass is 32.2. The molecular weight excluding hydrogens is 320 g/mol. The molecule has 1 aromatic rings. The summed E-state index contributed by atoms with van der Waals surface area (Å²) in [6.07, 6.45) is 8.12. The Morgan fingerprint density at radius 1 is 1.21 bits per heavy atom. The van der Waals surface area contributed by atoms with E-state index in [1.165, 1.54) is 24.8 Å². The molecule has 1 atom stereocenters. The number of rotatable bonds is 5. The van der Waals surface area contributed by atoms with Gasteiger partial charge in [-0.15, -0.1) is 11.8 Å². The summed E-state index contributed by atoms with van der Waals surface area (Å²) in [5.74, 6) is 1.17. The molecule has 5 heteroatoms. The zero-order chi connectivity index (χ0) is 16.8. The summed E-state index contributed by atoms with van der Waals surface area (Å²) in [6.45, 7) is 0.666. The van der Waals surface area contributed by atoms with Crippen molar-refractivity contribution in [3.8, 4) is 0 Å². The lowest BCUT2D eigenvalue weighted by Crippen LogP contribution is -2.47. The third kappa shape index (κ3) is 4.20. The average molecular weight is 344 g/mol. The normalized spacial score (nSPS) is 20.6.